The van der Waals surface area contributed by atoms with E-state index >= 15 is 0 Å². The number of ether oxygens (including phenoxy) is 1. The molecule has 1 N–H and O–H groups in total. The Kier molecular flexibility index (Phi) is 4.45. The van der Waals surface area contributed by atoms with Gasteiger partial charge in [-0.15, -0.1) is 0 Å². The van der Waals surface area contributed by atoms with Crippen molar-refractivity contribution in [3.63, 3.8) is 0 Å². The Morgan fingerprint density at radius 1 is 1.30 bits per heavy atom. The summed E-state index contributed by atoms with van der Waals surface area (Å²) in [5.74, 6) is -0.416. The molecule has 20 heavy (non-hydrogen) atoms. The Morgan fingerprint density at radius 2 is 1.95 bits per heavy atom. The van der Waals surface area contributed by atoms with Crippen molar-refractivity contribution in [2.75, 3.05) is 19.8 Å². The zero-order valence-corrected chi connectivity index (χ0v) is 12.3. The van der Waals surface area contributed by atoms with Gasteiger partial charge in [0.15, 0.2) is 14.6 Å². The quantitative estimate of drug-likeness (QED) is 0.766. The van der Waals surface area contributed by atoms with Gasteiger partial charge in [0, 0.05) is 13.2 Å². The van der Waals surface area contributed by atoms with Gasteiger partial charge in [-0.2, -0.15) is 0 Å². The smallest absolute Gasteiger partial charge is 0.241 e. The molecular weight excluding hydrogens is 278 g/mol. The van der Waals surface area contributed by atoms with Crippen LogP contribution in [0.4, 0.5) is 0 Å². The van der Waals surface area contributed by atoms with E-state index in [0.29, 0.717) is 32.6 Å². The van der Waals surface area contributed by atoms with Crippen LogP contribution in [0.1, 0.15) is 19.8 Å². The first-order valence-electron chi connectivity index (χ1n) is 6.70. The molecule has 6 heteroatoms. The van der Waals surface area contributed by atoms with E-state index in [1.807, 2.05) is 6.92 Å². The van der Waals surface area contributed by atoms with Crippen molar-refractivity contribution < 1.29 is 17.9 Å². The minimum Gasteiger partial charge on any atom is -0.380 e. The molecule has 1 aromatic rings. The molecule has 0 radical (unpaired) electrons. The lowest BCUT2D eigenvalue weighted by molar-refractivity contribution is -0.121. The van der Waals surface area contributed by atoms with Crippen LogP contribution in [0.3, 0.4) is 0 Å². The number of rotatable bonds is 7. The third-order valence-corrected chi connectivity index (χ3v) is 5.94. The SMILES string of the molecule is CCOCCNC(=O)C1(S(=O)(=O)c2ccccc2)CC1. The molecule has 0 heterocycles. The van der Waals surface area contributed by atoms with E-state index < -0.39 is 20.5 Å². The number of carbonyl (C=O) groups is 1. The fraction of sp³-hybridized carbons (Fsp3) is 0.500. The van der Waals surface area contributed by atoms with Gasteiger partial charge in [0.1, 0.15) is 0 Å². The lowest BCUT2D eigenvalue weighted by atomic mass is 10.4. The summed E-state index contributed by atoms with van der Waals surface area (Å²) in [5.41, 5.74) is 0. The topological polar surface area (TPSA) is 72.5 Å². The molecular formula is C14H19NO4S. The standard InChI is InChI=1S/C14H19NO4S/c1-2-19-11-10-15-13(16)14(8-9-14)20(17,18)12-6-4-3-5-7-12/h3-7H,2,8-11H2,1H3,(H,15,16). The van der Waals surface area contributed by atoms with E-state index in [-0.39, 0.29) is 4.90 Å². The number of nitrogens with one attached hydrogen (secondary N) is 1. The highest BCUT2D eigenvalue weighted by atomic mass is 32.2. The number of hydrogen-bond acceptors (Lipinski definition) is 4. The predicted octanol–water partition coefficient (Wildman–Crippen LogP) is 1.15. The van der Waals surface area contributed by atoms with Crippen molar-refractivity contribution in [2.24, 2.45) is 0 Å². The summed E-state index contributed by atoms with van der Waals surface area (Å²) in [6, 6.07) is 8.14. The molecule has 5 nitrogen and oxygen atoms in total. The van der Waals surface area contributed by atoms with E-state index in [9.17, 15) is 13.2 Å². The Balaban J connectivity index is 2.09. The van der Waals surface area contributed by atoms with Crippen molar-refractivity contribution in [1.82, 2.24) is 5.32 Å². The molecule has 0 spiro atoms. The third kappa shape index (κ3) is 2.71. The summed E-state index contributed by atoms with van der Waals surface area (Å²) in [6.45, 7) is 3.16. The molecule has 0 bridgehead atoms. The molecule has 0 unspecified atom stereocenters. The van der Waals surface area contributed by atoms with E-state index in [2.05, 4.69) is 5.32 Å². The Labute approximate surface area is 119 Å². The van der Waals surface area contributed by atoms with Gasteiger partial charge in [0.05, 0.1) is 11.5 Å². The molecule has 1 aliphatic carbocycles. The van der Waals surface area contributed by atoms with Crippen LogP contribution in [-0.2, 0) is 19.4 Å². The van der Waals surface area contributed by atoms with Crippen molar-refractivity contribution in [3.05, 3.63) is 30.3 Å². The van der Waals surface area contributed by atoms with E-state index in [1.165, 1.54) is 12.1 Å². The monoisotopic (exact) mass is 297 g/mol. The van der Waals surface area contributed by atoms with Crippen LogP contribution in [0.5, 0.6) is 0 Å². The second-order valence-corrected chi connectivity index (χ2v) is 7.02. The first-order chi connectivity index (χ1) is 9.54. The Morgan fingerprint density at radius 3 is 2.50 bits per heavy atom. The number of carbonyl (C=O) groups excluding carboxylic acids is 1. The average molecular weight is 297 g/mol. The highest BCUT2D eigenvalue weighted by Crippen LogP contribution is 2.46. The summed E-state index contributed by atoms with van der Waals surface area (Å²) in [4.78, 5) is 12.4. The molecule has 2 rings (SSSR count). The van der Waals surface area contributed by atoms with Gasteiger partial charge in [-0.1, -0.05) is 18.2 Å². The summed E-state index contributed by atoms with van der Waals surface area (Å²) < 4.78 is 29.0. The Hall–Kier alpha value is -1.40. The van der Waals surface area contributed by atoms with Gasteiger partial charge in [-0.25, -0.2) is 8.42 Å². The van der Waals surface area contributed by atoms with Gasteiger partial charge < -0.3 is 10.1 Å². The van der Waals surface area contributed by atoms with E-state index in [0.717, 1.165) is 0 Å². The Bertz CT molecular complexity index is 564. The molecule has 1 amide bonds. The number of hydrogen-bond donors (Lipinski definition) is 1. The molecule has 0 atom stereocenters. The van der Waals surface area contributed by atoms with Gasteiger partial charge >= 0.3 is 0 Å². The molecule has 0 saturated heterocycles. The van der Waals surface area contributed by atoms with Crippen LogP contribution < -0.4 is 5.32 Å². The van der Waals surface area contributed by atoms with E-state index in [1.54, 1.807) is 18.2 Å². The van der Waals surface area contributed by atoms with Gasteiger partial charge in [-0.05, 0) is 31.9 Å². The maximum Gasteiger partial charge on any atom is 0.241 e. The normalized spacial score (nSPS) is 16.6. The summed E-state index contributed by atoms with van der Waals surface area (Å²) >= 11 is 0. The fourth-order valence-electron chi connectivity index (χ4n) is 2.10. The molecule has 1 aromatic carbocycles. The first kappa shape index (κ1) is 15.0. The molecule has 110 valence electrons. The van der Waals surface area contributed by atoms with Crippen molar-refractivity contribution >= 4 is 15.7 Å². The van der Waals surface area contributed by atoms with Crippen LogP contribution in [0, 0.1) is 0 Å². The lowest BCUT2D eigenvalue weighted by Gasteiger charge is -2.16. The van der Waals surface area contributed by atoms with Gasteiger partial charge in [0.25, 0.3) is 0 Å². The maximum absolute atomic E-state index is 12.6. The van der Waals surface area contributed by atoms with Crippen molar-refractivity contribution in [1.29, 1.82) is 0 Å². The minimum atomic E-state index is -3.62. The average Bonchev–Trinajstić information content (AvgIpc) is 3.26. The second kappa shape index (κ2) is 5.93. The largest absolute Gasteiger partial charge is 0.380 e. The summed E-state index contributed by atoms with van der Waals surface area (Å²) in [5, 5.41) is 2.65. The highest BCUT2D eigenvalue weighted by Gasteiger charge is 2.60. The molecule has 0 aromatic heterocycles. The van der Waals surface area contributed by atoms with Gasteiger partial charge in [0.2, 0.25) is 5.91 Å². The molecule has 1 fully saturated rings. The lowest BCUT2D eigenvalue weighted by Crippen LogP contribution is -2.43. The van der Waals surface area contributed by atoms with Crippen LogP contribution in [0.25, 0.3) is 0 Å². The summed E-state index contributed by atoms with van der Waals surface area (Å²) in [7, 11) is -3.62. The van der Waals surface area contributed by atoms with Crippen LogP contribution in [0.2, 0.25) is 0 Å². The van der Waals surface area contributed by atoms with Crippen LogP contribution >= 0.6 is 0 Å². The predicted molar refractivity (Wildman–Crippen MR) is 75.1 cm³/mol. The van der Waals surface area contributed by atoms with Crippen LogP contribution in [-0.4, -0.2) is 38.8 Å². The summed E-state index contributed by atoms with van der Waals surface area (Å²) in [6.07, 6.45) is 0.759. The third-order valence-electron chi connectivity index (χ3n) is 3.42. The van der Waals surface area contributed by atoms with Crippen molar-refractivity contribution in [3.8, 4) is 0 Å². The first-order valence-corrected chi connectivity index (χ1v) is 8.18. The minimum absolute atomic E-state index is 0.206. The second-order valence-electron chi connectivity index (χ2n) is 4.76. The number of amides is 1. The van der Waals surface area contributed by atoms with E-state index in [4.69, 9.17) is 4.74 Å². The number of benzene rings is 1. The van der Waals surface area contributed by atoms with Crippen molar-refractivity contribution in [2.45, 2.75) is 29.4 Å². The van der Waals surface area contributed by atoms with Gasteiger partial charge in [-0.3, -0.25) is 4.79 Å². The van der Waals surface area contributed by atoms with Crippen LogP contribution in [0.15, 0.2) is 35.2 Å². The molecule has 1 aliphatic rings. The fourth-order valence-corrected chi connectivity index (χ4v) is 4.02. The molecule has 1 saturated carbocycles. The number of sulfone groups is 1. The highest BCUT2D eigenvalue weighted by molar-refractivity contribution is 7.94. The zero-order valence-electron chi connectivity index (χ0n) is 11.5. The molecule has 0 aliphatic heterocycles. The maximum atomic E-state index is 12.6. The zero-order chi connectivity index (χ0) is 14.6.